The Morgan fingerprint density at radius 3 is 2.43 bits per heavy atom. The van der Waals surface area contributed by atoms with Gasteiger partial charge in [-0.25, -0.2) is 0 Å². The van der Waals surface area contributed by atoms with Crippen molar-refractivity contribution in [3.05, 3.63) is 28.8 Å². The summed E-state index contributed by atoms with van der Waals surface area (Å²) in [7, 11) is 0. The lowest BCUT2D eigenvalue weighted by molar-refractivity contribution is -0.145. The molecule has 0 amide bonds. The number of aromatic hydroxyl groups is 1. The topological polar surface area (TPSA) is 55.8 Å². The molecule has 0 radical (unpaired) electrons. The molecule has 0 saturated heterocycles. The second kappa shape index (κ2) is 8.34. The number of carbonyl (C=O) groups excluding carboxylic acids is 1. The van der Waals surface area contributed by atoms with Crippen molar-refractivity contribution in [1.29, 1.82) is 0 Å². The molecule has 0 aliphatic heterocycles. The normalized spacial score (nSPS) is 11.8. The lowest BCUT2D eigenvalue weighted by atomic mass is 9.83. The molecule has 0 unspecified atom stereocenters. The van der Waals surface area contributed by atoms with Crippen LogP contribution in [0, 0.1) is 6.92 Å². The summed E-state index contributed by atoms with van der Waals surface area (Å²) in [5.41, 5.74) is 2.65. The average molecular weight is 322 g/mol. The number of phenols is 1. The highest BCUT2D eigenvalue weighted by molar-refractivity contribution is 5.69. The van der Waals surface area contributed by atoms with Crippen molar-refractivity contribution in [2.45, 2.75) is 65.9 Å². The van der Waals surface area contributed by atoms with E-state index < -0.39 is 0 Å². The van der Waals surface area contributed by atoms with Gasteiger partial charge in [-0.1, -0.05) is 32.9 Å². The van der Waals surface area contributed by atoms with Gasteiger partial charge in [-0.05, 0) is 49.3 Å². The molecule has 0 aliphatic rings. The fourth-order valence-electron chi connectivity index (χ4n) is 2.33. The highest BCUT2D eigenvalue weighted by Gasteiger charge is 2.20. The van der Waals surface area contributed by atoms with Crippen molar-refractivity contribution in [3.63, 3.8) is 0 Å². The maximum Gasteiger partial charge on any atom is 0.306 e. The summed E-state index contributed by atoms with van der Waals surface area (Å²) in [6, 6.07) is 3.91. The molecule has 0 atom stereocenters. The van der Waals surface area contributed by atoms with Crippen molar-refractivity contribution >= 4 is 5.97 Å². The third kappa shape index (κ3) is 6.61. The molecule has 1 N–H and O–H groups in total. The van der Waals surface area contributed by atoms with E-state index in [1.165, 1.54) is 0 Å². The van der Waals surface area contributed by atoms with Crippen LogP contribution in [0.25, 0.3) is 0 Å². The average Bonchev–Trinajstić information content (AvgIpc) is 2.43. The molecule has 0 spiro atoms. The summed E-state index contributed by atoms with van der Waals surface area (Å²) in [5.74, 6) is 0.120. The van der Waals surface area contributed by atoms with E-state index in [0.29, 0.717) is 31.8 Å². The molecular formula is C19H30O4. The molecule has 23 heavy (non-hydrogen) atoms. The first-order valence-electron chi connectivity index (χ1n) is 8.21. The quantitative estimate of drug-likeness (QED) is 0.611. The van der Waals surface area contributed by atoms with E-state index in [4.69, 9.17) is 9.47 Å². The number of benzene rings is 1. The number of hydrogen-bond acceptors (Lipinski definition) is 4. The maximum atomic E-state index is 11.8. The minimum Gasteiger partial charge on any atom is -0.507 e. The molecule has 1 aromatic carbocycles. The second-order valence-corrected chi connectivity index (χ2v) is 7.20. The summed E-state index contributed by atoms with van der Waals surface area (Å²) in [5, 5.41) is 10.2. The van der Waals surface area contributed by atoms with Gasteiger partial charge in [-0.2, -0.15) is 0 Å². The van der Waals surface area contributed by atoms with Gasteiger partial charge < -0.3 is 14.6 Å². The Balaban J connectivity index is 2.58. The van der Waals surface area contributed by atoms with Crippen LogP contribution in [0.3, 0.4) is 0 Å². The fraction of sp³-hybridized carbons (Fsp3) is 0.632. The number of aryl methyl sites for hydroxylation is 2. The predicted molar refractivity (Wildman–Crippen MR) is 91.9 cm³/mol. The Morgan fingerprint density at radius 2 is 1.87 bits per heavy atom. The first-order valence-corrected chi connectivity index (χ1v) is 8.21. The zero-order valence-electron chi connectivity index (χ0n) is 15.2. The minimum atomic E-state index is -0.222. The van der Waals surface area contributed by atoms with Gasteiger partial charge in [0.2, 0.25) is 0 Å². The molecule has 0 fully saturated rings. The smallest absolute Gasteiger partial charge is 0.306 e. The Morgan fingerprint density at radius 1 is 1.22 bits per heavy atom. The number of rotatable bonds is 7. The monoisotopic (exact) mass is 322 g/mol. The standard InChI is InChI=1S/C19H30O4/c1-13(2)22-9-10-23-17(20)8-7-15-11-14(3)18(21)16(12-15)19(4,5)6/h11-13,21H,7-10H2,1-6H3. The summed E-state index contributed by atoms with van der Waals surface area (Å²) in [4.78, 5) is 11.8. The number of esters is 1. The van der Waals surface area contributed by atoms with Crippen molar-refractivity contribution in [1.82, 2.24) is 0 Å². The van der Waals surface area contributed by atoms with Crippen molar-refractivity contribution in [2.75, 3.05) is 13.2 Å². The minimum absolute atomic E-state index is 0.139. The maximum absolute atomic E-state index is 11.8. The number of carbonyl (C=O) groups is 1. The molecule has 0 aromatic heterocycles. The molecule has 1 rings (SSSR count). The zero-order valence-corrected chi connectivity index (χ0v) is 15.2. The zero-order chi connectivity index (χ0) is 17.6. The summed E-state index contributed by atoms with van der Waals surface area (Å²) >= 11 is 0. The number of hydrogen-bond donors (Lipinski definition) is 1. The van der Waals surface area contributed by atoms with Crippen LogP contribution < -0.4 is 0 Å². The van der Waals surface area contributed by atoms with Crippen LogP contribution >= 0.6 is 0 Å². The van der Waals surface area contributed by atoms with E-state index >= 15 is 0 Å². The van der Waals surface area contributed by atoms with Crippen molar-refractivity contribution in [2.24, 2.45) is 0 Å². The summed E-state index contributed by atoms with van der Waals surface area (Å²) in [6.07, 6.45) is 1.08. The van der Waals surface area contributed by atoms with Gasteiger partial charge in [0.1, 0.15) is 12.4 Å². The van der Waals surface area contributed by atoms with Crippen LogP contribution in [0.5, 0.6) is 5.75 Å². The number of phenolic OH excluding ortho intramolecular Hbond substituents is 1. The van der Waals surface area contributed by atoms with Crippen LogP contribution in [0.2, 0.25) is 0 Å². The van der Waals surface area contributed by atoms with Gasteiger partial charge in [-0.3, -0.25) is 4.79 Å². The van der Waals surface area contributed by atoms with Gasteiger partial charge in [0, 0.05) is 6.42 Å². The molecule has 4 heteroatoms. The van der Waals surface area contributed by atoms with E-state index in [-0.39, 0.29) is 17.5 Å². The first kappa shape index (κ1) is 19.5. The van der Waals surface area contributed by atoms with Crippen LogP contribution in [-0.4, -0.2) is 30.4 Å². The van der Waals surface area contributed by atoms with E-state index in [9.17, 15) is 9.90 Å². The largest absolute Gasteiger partial charge is 0.507 e. The lowest BCUT2D eigenvalue weighted by Crippen LogP contribution is -2.14. The fourth-order valence-corrected chi connectivity index (χ4v) is 2.33. The summed E-state index contributed by atoms with van der Waals surface area (Å²) in [6.45, 7) is 12.7. The second-order valence-electron chi connectivity index (χ2n) is 7.20. The van der Waals surface area contributed by atoms with Gasteiger partial charge >= 0.3 is 5.97 Å². The molecule has 0 aliphatic carbocycles. The van der Waals surface area contributed by atoms with Crippen LogP contribution in [0.15, 0.2) is 12.1 Å². The van der Waals surface area contributed by atoms with Gasteiger partial charge in [0.05, 0.1) is 12.7 Å². The van der Waals surface area contributed by atoms with Crippen LogP contribution in [-0.2, 0) is 26.1 Å². The highest BCUT2D eigenvalue weighted by atomic mass is 16.6. The van der Waals surface area contributed by atoms with E-state index in [2.05, 4.69) is 20.8 Å². The van der Waals surface area contributed by atoms with Gasteiger partial charge in [0.25, 0.3) is 0 Å². The van der Waals surface area contributed by atoms with E-state index in [1.807, 2.05) is 32.9 Å². The molecule has 0 heterocycles. The Bertz CT molecular complexity index is 527. The Kier molecular flexibility index (Phi) is 7.07. The van der Waals surface area contributed by atoms with Crippen molar-refractivity contribution in [3.8, 4) is 5.75 Å². The predicted octanol–water partition coefficient (Wildman–Crippen LogP) is 3.90. The third-order valence-electron chi connectivity index (χ3n) is 3.58. The molecule has 1 aromatic rings. The Labute approximate surface area is 139 Å². The molecule has 0 bridgehead atoms. The molecule has 130 valence electrons. The van der Waals surface area contributed by atoms with Gasteiger partial charge in [0.15, 0.2) is 0 Å². The molecular weight excluding hydrogens is 292 g/mol. The first-order chi connectivity index (χ1) is 10.6. The van der Waals surface area contributed by atoms with E-state index in [1.54, 1.807) is 0 Å². The molecule has 4 nitrogen and oxygen atoms in total. The van der Waals surface area contributed by atoms with Crippen LogP contribution in [0.1, 0.15) is 57.7 Å². The van der Waals surface area contributed by atoms with E-state index in [0.717, 1.165) is 16.7 Å². The van der Waals surface area contributed by atoms with Crippen LogP contribution in [0.4, 0.5) is 0 Å². The number of ether oxygens (including phenoxy) is 2. The van der Waals surface area contributed by atoms with Crippen molar-refractivity contribution < 1.29 is 19.4 Å². The SMILES string of the molecule is Cc1cc(CCC(=O)OCCOC(C)C)cc(C(C)(C)C)c1O. The highest BCUT2D eigenvalue weighted by Crippen LogP contribution is 2.34. The summed E-state index contributed by atoms with van der Waals surface area (Å²) < 4.78 is 10.5. The van der Waals surface area contributed by atoms with Gasteiger partial charge in [-0.15, -0.1) is 0 Å². The molecule has 0 saturated carbocycles. The lowest BCUT2D eigenvalue weighted by Gasteiger charge is -2.22. The Hall–Kier alpha value is -1.55. The third-order valence-corrected chi connectivity index (χ3v) is 3.58.